The lowest BCUT2D eigenvalue weighted by Crippen LogP contribution is -2.37. The van der Waals surface area contributed by atoms with E-state index in [1.165, 1.54) is 5.56 Å². The molecule has 18 heavy (non-hydrogen) atoms. The Hall–Kier alpha value is -0.380. The first kappa shape index (κ1) is 14.0. The number of halogens is 1. The molecule has 1 fully saturated rings. The molecule has 0 spiro atoms. The number of benzene rings is 1. The minimum atomic E-state index is 0.387. The molecule has 0 aliphatic carbocycles. The van der Waals surface area contributed by atoms with Gasteiger partial charge in [0.2, 0.25) is 0 Å². The fraction of sp³-hybridized carbons (Fsp3) is 0.600. The molecule has 1 heterocycles. The van der Waals surface area contributed by atoms with Crippen LogP contribution in [-0.2, 0) is 4.74 Å². The minimum Gasteiger partial charge on any atom is -0.381 e. The zero-order chi connectivity index (χ0) is 13.0. The first-order valence-corrected chi connectivity index (χ1v) is 7.45. The summed E-state index contributed by atoms with van der Waals surface area (Å²) in [6, 6.07) is 8.91. The van der Waals surface area contributed by atoms with Gasteiger partial charge in [0.1, 0.15) is 0 Å². The Labute approximate surface area is 118 Å². The van der Waals surface area contributed by atoms with E-state index >= 15 is 0 Å². The van der Waals surface area contributed by atoms with Crippen molar-refractivity contribution in [1.29, 1.82) is 0 Å². The van der Waals surface area contributed by atoms with Gasteiger partial charge in [0.25, 0.3) is 0 Å². The van der Waals surface area contributed by atoms with Crippen molar-refractivity contribution in [3.8, 4) is 0 Å². The number of rotatable bonds is 4. The molecule has 2 nitrogen and oxygen atoms in total. The van der Waals surface area contributed by atoms with Crippen molar-refractivity contribution in [3.63, 3.8) is 0 Å². The highest BCUT2D eigenvalue weighted by atomic mass is 79.9. The van der Waals surface area contributed by atoms with Gasteiger partial charge in [-0.3, -0.25) is 0 Å². The molecule has 0 radical (unpaired) electrons. The highest BCUT2D eigenvalue weighted by molar-refractivity contribution is 9.10. The molecule has 0 saturated carbocycles. The first-order valence-electron chi connectivity index (χ1n) is 6.66. The summed E-state index contributed by atoms with van der Waals surface area (Å²) >= 11 is 3.52. The molecule has 1 unspecified atom stereocenters. The van der Waals surface area contributed by atoms with Gasteiger partial charge in [-0.1, -0.05) is 35.0 Å². The molecule has 0 amide bonds. The van der Waals surface area contributed by atoms with Crippen LogP contribution in [0.3, 0.4) is 0 Å². The quantitative estimate of drug-likeness (QED) is 0.910. The van der Waals surface area contributed by atoms with Crippen LogP contribution in [0.5, 0.6) is 0 Å². The van der Waals surface area contributed by atoms with E-state index in [2.05, 4.69) is 59.4 Å². The summed E-state index contributed by atoms with van der Waals surface area (Å²) in [6.45, 7) is 7.46. The Morgan fingerprint density at radius 2 is 2.11 bits per heavy atom. The van der Waals surface area contributed by atoms with Gasteiger partial charge in [-0.2, -0.15) is 0 Å². The van der Waals surface area contributed by atoms with Crippen LogP contribution in [0.25, 0.3) is 0 Å². The molecule has 2 rings (SSSR count). The van der Waals surface area contributed by atoms with E-state index in [-0.39, 0.29) is 0 Å². The van der Waals surface area contributed by atoms with E-state index in [1.54, 1.807) is 0 Å². The van der Waals surface area contributed by atoms with Gasteiger partial charge in [-0.05, 0) is 42.9 Å². The highest BCUT2D eigenvalue weighted by Crippen LogP contribution is 2.29. The lowest BCUT2D eigenvalue weighted by atomic mass is 9.82. The van der Waals surface area contributed by atoms with Crippen LogP contribution in [0.15, 0.2) is 28.7 Å². The van der Waals surface area contributed by atoms with Gasteiger partial charge in [0, 0.05) is 30.3 Å². The Morgan fingerprint density at radius 1 is 1.39 bits per heavy atom. The van der Waals surface area contributed by atoms with E-state index < -0.39 is 0 Å². The second-order valence-corrected chi connectivity index (χ2v) is 6.50. The third-order valence-corrected chi connectivity index (χ3v) is 4.38. The van der Waals surface area contributed by atoms with E-state index in [1.807, 2.05) is 0 Å². The Balaban J connectivity index is 1.89. The average Bonchev–Trinajstić information content (AvgIpc) is 2.37. The SMILES string of the molecule is CC(NCC1(C)CCOCC1)c1cccc(Br)c1. The molecule has 3 heteroatoms. The van der Waals surface area contributed by atoms with Crippen LogP contribution in [-0.4, -0.2) is 19.8 Å². The molecule has 0 aromatic heterocycles. The normalized spacial score (nSPS) is 20.6. The van der Waals surface area contributed by atoms with Crippen LogP contribution < -0.4 is 5.32 Å². The number of ether oxygens (including phenoxy) is 1. The zero-order valence-corrected chi connectivity index (χ0v) is 12.8. The standard InChI is InChI=1S/C15H22BrNO/c1-12(13-4-3-5-14(16)10-13)17-11-15(2)6-8-18-9-7-15/h3-5,10,12,17H,6-9,11H2,1-2H3. The summed E-state index contributed by atoms with van der Waals surface area (Å²) in [5.74, 6) is 0. The number of nitrogens with one attached hydrogen (secondary N) is 1. The predicted octanol–water partition coefficient (Wildman–Crippen LogP) is 3.92. The van der Waals surface area contributed by atoms with E-state index in [0.717, 1.165) is 37.1 Å². The Bertz CT molecular complexity index is 388. The Kier molecular flexibility index (Phi) is 4.82. The number of hydrogen-bond acceptors (Lipinski definition) is 2. The second-order valence-electron chi connectivity index (χ2n) is 5.58. The maximum atomic E-state index is 5.44. The summed E-state index contributed by atoms with van der Waals surface area (Å²) in [6.07, 6.45) is 2.32. The minimum absolute atomic E-state index is 0.387. The summed E-state index contributed by atoms with van der Waals surface area (Å²) < 4.78 is 6.58. The summed E-state index contributed by atoms with van der Waals surface area (Å²) in [5, 5.41) is 3.66. The average molecular weight is 312 g/mol. The molecule has 1 aromatic rings. The van der Waals surface area contributed by atoms with E-state index in [0.29, 0.717) is 11.5 Å². The van der Waals surface area contributed by atoms with Crippen LogP contribution in [0.1, 0.15) is 38.3 Å². The lowest BCUT2D eigenvalue weighted by Gasteiger charge is -2.34. The van der Waals surface area contributed by atoms with Gasteiger partial charge >= 0.3 is 0 Å². The third kappa shape index (κ3) is 3.81. The van der Waals surface area contributed by atoms with Crippen LogP contribution >= 0.6 is 15.9 Å². The smallest absolute Gasteiger partial charge is 0.0471 e. The van der Waals surface area contributed by atoms with Crippen molar-refractivity contribution in [1.82, 2.24) is 5.32 Å². The summed E-state index contributed by atoms with van der Waals surface area (Å²) in [4.78, 5) is 0. The molecular weight excluding hydrogens is 290 g/mol. The molecule has 1 aliphatic rings. The molecule has 100 valence electrons. The van der Waals surface area contributed by atoms with Crippen molar-refractivity contribution in [2.75, 3.05) is 19.8 Å². The maximum Gasteiger partial charge on any atom is 0.0471 e. The van der Waals surface area contributed by atoms with Crippen molar-refractivity contribution in [2.45, 2.75) is 32.7 Å². The number of hydrogen-bond donors (Lipinski definition) is 1. The van der Waals surface area contributed by atoms with Gasteiger partial charge in [-0.15, -0.1) is 0 Å². The zero-order valence-electron chi connectivity index (χ0n) is 11.2. The second kappa shape index (κ2) is 6.18. The molecule has 0 bridgehead atoms. The van der Waals surface area contributed by atoms with Gasteiger partial charge in [-0.25, -0.2) is 0 Å². The summed E-state index contributed by atoms with van der Waals surface area (Å²) in [5.41, 5.74) is 1.72. The van der Waals surface area contributed by atoms with E-state index in [9.17, 15) is 0 Å². The van der Waals surface area contributed by atoms with Crippen LogP contribution in [0, 0.1) is 5.41 Å². The molecule has 1 saturated heterocycles. The first-order chi connectivity index (χ1) is 8.59. The fourth-order valence-corrected chi connectivity index (χ4v) is 2.75. The van der Waals surface area contributed by atoms with Crippen LogP contribution in [0.2, 0.25) is 0 Å². The van der Waals surface area contributed by atoms with Crippen molar-refractivity contribution in [3.05, 3.63) is 34.3 Å². The van der Waals surface area contributed by atoms with E-state index in [4.69, 9.17) is 4.74 Å². The monoisotopic (exact) mass is 311 g/mol. The van der Waals surface area contributed by atoms with Crippen molar-refractivity contribution >= 4 is 15.9 Å². The van der Waals surface area contributed by atoms with Crippen LogP contribution in [0.4, 0.5) is 0 Å². The molecule has 1 aromatic carbocycles. The van der Waals surface area contributed by atoms with Gasteiger partial charge < -0.3 is 10.1 Å². The molecule has 1 atom stereocenters. The van der Waals surface area contributed by atoms with Gasteiger partial charge in [0.05, 0.1) is 0 Å². The Morgan fingerprint density at radius 3 is 2.78 bits per heavy atom. The maximum absolute atomic E-state index is 5.44. The molecular formula is C15H22BrNO. The predicted molar refractivity (Wildman–Crippen MR) is 78.7 cm³/mol. The van der Waals surface area contributed by atoms with Crippen molar-refractivity contribution in [2.24, 2.45) is 5.41 Å². The highest BCUT2D eigenvalue weighted by Gasteiger charge is 2.27. The molecule has 1 aliphatic heterocycles. The van der Waals surface area contributed by atoms with Gasteiger partial charge in [0.15, 0.2) is 0 Å². The lowest BCUT2D eigenvalue weighted by molar-refractivity contribution is 0.0231. The molecule has 1 N–H and O–H groups in total. The summed E-state index contributed by atoms with van der Waals surface area (Å²) in [7, 11) is 0. The fourth-order valence-electron chi connectivity index (χ4n) is 2.33. The third-order valence-electron chi connectivity index (χ3n) is 3.88. The largest absolute Gasteiger partial charge is 0.381 e. The topological polar surface area (TPSA) is 21.3 Å². The van der Waals surface area contributed by atoms with Crippen molar-refractivity contribution < 1.29 is 4.74 Å².